The Morgan fingerprint density at radius 1 is 1.50 bits per heavy atom. The lowest BCUT2D eigenvalue weighted by atomic mass is 9.76. The highest BCUT2D eigenvalue weighted by Gasteiger charge is 2.71. The van der Waals surface area contributed by atoms with Gasteiger partial charge < -0.3 is 20.7 Å². The Morgan fingerprint density at radius 2 is 2.18 bits per heavy atom. The molecule has 6 nitrogen and oxygen atoms in total. The third-order valence-electron chi connectivity index (χ3n) is 4.97. The summed E-state index contributed by atoms with van der Waals surface area (Å²) in [5, 5.41) is 19.8. The third kappa shape index (κ3) is 2.00. The van der Waals surface area contributed by atoms with Crippen molar-refractivity contribution in [2.24, 2.45) is 5.73 Å². The van der Waals surface area contributed by atoms with E-state index < -0.39 is 5.97 Å². The standard InChI is InChI=1S/C15H18BN2O4/c17-3-4-18-6-8(7-18)22-10-2-1-9(15-5-11(15)16-15)13(19)12(10)14(20)21/h1-2,8,11,19H,3-7,17H2,(H,20,21). The second-order valence-electron chi connectivity index (χ2n) is 6.45. The molecule has 2 aliphatic heterocycles. The molecule has 0 bridgehead atoms. The van der Waals surface area contributed by atoms with Crippen molar-refractivity contribution in [3.8, 4) is 11.5 Å². The van der Waals surface area contributed by atoms with Gasteiger partial charge in [-0.2, -0.15) is 0 Å². The largest absolute Gasteiger partial charge is 0.507 e. The van der Waals surface area contributed by atoms with Crippen LogP contribution in [0.4, 0.5) is 0 Å². The zero-order valence-electron chi connectivity index (χ0n) is 12.2. The normalized spacial score (nSPS) is 29.2. The number of fused-ring (bicyclic) bond motifs is 1. The maximum absolute atomic E-state index is 11.5. The van der Waals surface area contributed by atoms with Crippen molar-refractivity contribution in [1.82, 2.24) is 4.90 Å². The summed E-state index contributed by atoms with van der Waals surface area (Å²) in [6, 6.07) is 3.48. The molecule has 2 atom stereocenters. The van der Waals surface area contributed by atoms with Crippen molar-refractivity contribution in [2.45, 2.75) is 23.7 Å². The van der Waals surface area contributed by atoms with Crippen molar-refractivity contribution in [3.63, 3.8) is 0 Å². The molecule has 3 aliphatic rings. The SMILES string of the molecule is NCCN1CC(Oc2ccc(C34[B]C3C4)c(O)c2C(=O)O)C1. The molecule has 0 spiro atoms. The molecule has 2 heterocycles. The van der Waals surface area contributed by atoms with Gasteiger partial charge in [-0.1, -0.05) is 18.3 Å². The Hall–Kier alpha value is -1.73. The van der Waals surface area contributed by atoms with Crippen molar-refractivity contribution >= 4 is 13.2 Å². The summed E-state index contributed by atoms with van der Waals surface area (Å²) in [6.45, 7) is 2.88. The van der Waals surface area contributed by atoms with E-state index >= 15 is 0 Å². The van der Waals surface area contributed by atoms with E-state index in [1.54, 1.807) is 12.1 Å². The van der Waals surface area contributed by atoms with E-state index in [4.69, 9.17) is 10.5 Å². The van der Waals surface area contributed by atoms with Crippen LogP contribution in [-0.2, 0) is 5.31 Å². The number of nitrogens with two attached hydrogens (primary N) is 1. The molecule has 22 heavy (non-hydrogen) atoms. The number of aromatic carboxylic acids is 1. The number of carboxylic acids is 1. The van der Waals surface area contributed by atoms with Gasteiger partial charge in [0.25, 0.3) is 0 Å². The van der Waals surface area contributed by atoms with Gasteiger partial charge in [0.2, 0.25) is 0 Å². The van der Waals surface area contributed by atoms with Crippen LogP contribution >= 0.6 is 0 Å². The molecule has 0 amide bonds. The first kappa shape index (κ1) is 13.9. The fraction of sp³-hybridized carbons (Fsp3) is 0.533. The van der Waals surface area contributed by atoms with E-state index in [0.29, 0.717) is 12.4 Å². The summed E-state index contributed by atoms with van der Waals surface area (Å²) < 4.78 is 5.77. The molecule has 1 aromatic carbocycles. The molecule has 0 aromatic heterocycles. The molecule has 1 radical (unpaired) electrons. The number of benzene rings is 1. The number of hydrogen-bond acceptors (Lipinski definition) is 5. The number of likely N-dealkylation sites (tertiary alicyclic amines) is 1. The number of rotatable bonds is 6. The number of carboxylic acid groups (broad SMARTS) is 1. The fourth-order valence-electron chi connectivity index (χ4n) is 3.38. The predicted octanol–water partition coefficient (Wildman–Crippen LogP) is 0.217. The topological polar surface area (TPSA) is 96.0 Å². The Labute approximate surface area is 129 Å². The van der Waals surface area contributed by atoms with Crippen LogP contribution in [0.25, 0.3) is 0 Å². The van der Waals surface area contributed by atoms with Gasteiger partial charge in [-0.05, 0) is 16.9 Å². The Bertz CT molecular complexity index is 639. The van der Waals surface area contributed by atoms with Crippen LogP contribution in [0.5, 0.6) is 11.5 Å². The molecule has 1 aromatic rings. The summed E-state index contributed by atoms with van der Waals surface area (Å²) in [5.74, 6) is -0.523. The van der Waals surface area contributed by atoms with Crippen LogP contribution in [0.15, 0.2) is 12.1 Å². The Balaban J connectivity index is 1.55. The first-order valence-corrected chi connectivity index (χ1v) is 7.60. The minimum Gasteiger partial charge on any atom is -0.507 e. The van der Waals surface area contributed by atoms with Crippen LogP contribution in [-0.4, -0.2) is 60.6 Å². The summed E-state index contributed by atoms with van der Waals surface area (Å²) in [4.78, 5) is 13.7. The highest BCUT2D eigenvalue weighted by Crippen LogP contribution is 2.75. The van der Waals surface area contributed by atoms with Crippen molar-refractivity contribution in [3.05, 3.63) is 23.3 Å². The van der Waals surface area contributed by atoms with Crippen LogP contribution in [0, 0.1) is 0 Å². The van der Waals surface area contributed by atoms with Gasteiger partial charge >= 0.3 is 5.97 Å². The average molecular weight is 301 g/mol. The highest BCUT2D eigenvalue weighted by molar-refractivity contribution is 6.62. The highest BCUT2D eigenvalue weighted by atomic mass is 16.5. The zero-order chi connectivity index (χ0) is 15.5. The molecule has 4 N–H and O–H groups in total. The molecular formula is C15H18BN2O4. The number of nitrogens with zero attached hydrogens (tertiary/aromatic N) is 1. The fourth-order valence-corrected chi connectivity index (χ4v) is 3.38. The zero-order valence-corrected chi connectivity index (χ0v) is 12.2. The lowest BCUT2D eigenvalue weighted by Crippen LogP contribution is -2.55. The molecule has 2 unspecified atom stereocenters. The monoisotopic (exact) mass is 301 g/mol. The first-order chi connectivity index (χ1) is 10.5. The van der Waals surface area contributed by atoms with Gasteiger partial charge in [0, 0.05) is 26.2 Å². The van der Waals surface area contributed by atoms with E-state index in [-0.39, 0.29) is 28.5 Å². The molecule has 1 aliphatic carbocycles. The molecule has 4 rings (SSSR count). The van der Waals surface area contributed by atoms with Crippen LogP contribution in [0.1, 0.15) is 22.3 Å². The van der Waals surface area contributed by atoms with E-state index in [1.165, 1.54) is 0 Å². The van der Waals surface area contributed by atoms with Crippen LogP contribution < -0.4 is 10.5 Å². The number of carbonyl (C=O) groups is 1. The number of ether oxygens (including phenoxy) is 1. The van der Waals surface area contributed by atoms with Gasteiger partial charge in [0.1, 0.15) is 30.4 Å². The molecule has 3 fully saturated rings. The Kier molecular flexibility index (Phi) is 2.93. The van der Waals surface area contributed by atoms with Crippen LogP contribution in [0.3, 0.4) is 0 Å². The van der Waals surface area contributed by atoms with E-state index in [9.17, 15) is 15.0 Å². The van der Waals surface area contributed by atoms with Gasteiger partial charge in [-0.3, -0.25) is 4.90 Å². The third-order valence-corrected chi connectivity index (χ3v) is 4.97. The van der Waals surface area contributed by atoms with Gasteiger partial charge in [0.15, 0.2) is 0 Å². The molecule has 115 valence electrons. The van der Waals surface area contributed by atoms with Gasteiger partial charge in [-0.15, -0.1) is 0 Å². The first-order valence-electron chi connectivity index (χ1n) is 7.60. The lowest BCUT2D eigenvalue weighted by molar-refractivity contribution is 0.0210. The Morgan fingerprint density at radius 3 is 2.73 bits per heavy atom. The number of phenols is 1. The smallest absolute Gasteiger partial charge is 0.343 e. The number of hydrogen-bond donors (Lipinski definition) is 3. The maximum Gasteiger partial charge on any atom is 0.343 e. The minimum atomic E-state index is -1.15. The van der Waals surface area contributed by atoms with Gasteiger partial charge in [-0.25, -0.2) is 4.79 Å². The minimum absolute atomic E-state index is 0.0470. The quantitative estimate of drug-likeness (QED) is 0.650. The van der Waals surface area contributed by atoms with Crippen molar-refractivity contribution in [1.29, 1.82) is 0 Å². The summed E-state index contributed by atoms with van der Waals surface area (Å²) in [7, 11) is 2.14. The molecule has 1 saturated carbocycles. The summed E-state index contributed by atoms with van der Waals surface area (Å²) in [5.41, 5.74) is 6.10. The molecule has 2 saturated heterocycles. The summed E-state index contributed by atoms with van der Waals surface area (Å²) in [6.07, 6.45) is 0.963. The van der Waals surface area contributed by atoms with E-state index in [2.05, 4.69) is 12.2 Å². The lowest BCUT2D eigenvalue weighted by Gasteiger charge is -2.39. The molecule has 7 heteroatoms. The van der Waals surface area contributed by atoms with Crippen molar-refractivity contribution in [2.75, 3.05) is 26.2 Å². The average Bonchev–Trinajstić information content (AvgIpc) is 3.25. The number of aromatic hydroxyl groups is 1. The van der Waals surface area contributed by atoms with Crippen molar-refractivity contribution < 1.29 is 19.7 Å². The predicted molar refractivity (Wildman–Crippen MR) is 80.8 cm³/mol. The van der Waals surface area contributed by atoms with Gasteiger partial charge in [0.05, 0.1) is 0 Å². The molecular weight excluding hydrogens is 283 g/mol. The van der Waals surface area contributed by atoms with Crippen LogP contribution in [0.2, 0.25) is 5.82 Å². The second kappa shape index (κ2) is 4.63. The van der Waals surface area contributed by atoms with E-state index in [0.717, 1.165) is 31.6 Å². The van der Waals surface area contributed by atoms with E-state index in [1.807, 2.05) is 0 Å². The summed E-state index contributed by atoms with van der Waals surface area (Å²) >= 11 is 0. The second-order valence-corrected chi connectivity index (χ2v) is 6.45. The maximum atomic E-state index is 11.5.